The van der Waals surface area contributed by atoms with E-state index in [1.807, 2.05) is 29.1 Å². The largest absolute Gasteiger partial charge is 0.338 e. The smallest absolute Gasteiger partial charge is 0.320 e. The van der Waals surface area contributed by atoms with Gasteiger partial charge in [-0.1, -0.05) is 24.3 Å². The van der Waals surface area contributed by atoms with Gasteiger partial charge in [0.2, 0.25) is 0 Å². The SMILES string of the molecule is O=C(NCC1CCc2ccccc2CC1)Nc1ccn(CCc2ccncc2)n1. The minimum absolute atomic E-state index is 0.189. The van der Waals surface area contributed by atoms with E-state index in [9.17, 15) is 4.79 Å². The number of aryl methyl sites for hydroxylation is 4. The molecule has 1 aliphatic rings. The Morgan fingerprint density at radius 3 is 2.48 bits per heavy atom. The second-order valence-corrected chi connectivity index (χ2v) is 7.62. The second-order valence-electron chi connectivity index (χ2n) is 7.62. The second kappa shape index (κ2) is 9.37. The topological polar surface area (TPSA) is 71.8 Å². The number of fused-ring (bicyclic) bond motifs is 1. The van der Waals surface area contributed by atoms with E-state index in [4.69, 9.17) is 0 Å². The average molecular weight is 390 g/mol. The molecule has 150 valence electrons. The monoisotopic (exact) mass is 389 g/mol. The molecule has 2 heterocycles. The van der Waals surface area contributed by atoms with Gasteiger partial charge < -0.3 is 5.32 Å². The number of anilines is 1. The third-order valence-corrected chi connectivity index (χ3v) is 5.57. The van der Waals surface area contributed by atoms with Crippen LogP contribution in [0.2, 0.25) is 0 Å². The lowest BCUT2D eigenvalue weighted by Crippen LogP contribution is -2.33. The maximum absolute atomic E-state index is 12.3. The molecule has 4 rings (SSSR count). The van der Waals surface area contributed by atoms with Gasteiger partial charge in [-0.15, -0.1) is 0 Å². The highest BCUT2D eigenvalue weighted by Gasteiger charge is 2.16. The van der Waals surface area contributed by atoms with Crippen molar-refractivity contribution in [3.63, 3.8) is 0 Å². The summed E-state index contributed by atoms with van der Waals surface area (Å²) in [5.74, 6) is 1.08. The molecule has 0 saturated heterocycles. The number of pyridine rings is 1. The average Bonchev–Trinajstić information content (AvgIpc) is 3.09. The number of carbonyl (C=O) groups excluding carboxylic acids is 1. The zero-order chi connectivity index (χ0) is 19.9. The summed E-state index contributed by atoms with van der Waals surface area (Å²) in [6, 6.07) is 14.3. The van der Waals surface area contributed by atoms with Crippen LogP contribution in [0.25, 0.3) is 0 Å². The number of urea groups is 1. The van der Waals surface area contributed by atoms with Crippen LogP contribution in [0.4, 0.5) is 10.6 Å². The lowest BCUT2D eigenvalue weighted by molar-refractivity contribution is 0.249. The number of hydrogen-bond donors (Lipinski definition) is 2. The molecule has 0 fully saturated rings. The molecule has 2 N–H and O–H groups in total. The minimum Gasteiger partial charge on any atom is -0.338 e. The first-order chi connectivity index (χ1) is 14.3. The van der Waals surface area contributed by atoms with E-state index in [0.29, 0.717) is 18.3 Å². The van der Waals surface area contributed by atoms with Crippen molar-refractivity contribution in [3.05, 3.63) is 77.7 Å². The van der Waals surface area contributed by atoms with Crippen molar-refractivity contribution in [1.82, 2.24) is 20.1 Å². The zero-order valence-corrected chi connectivity index (χ0v) is 16.6. The van der Waals surface area contributed by atoms with Gasteiger partial charge in [0.25, 0.3) is 0 Å². The van der Waals surface area contributed by atoms with Crippen molar-refractivity contribution in [2.45, 2.75) is 38.6 Å². The Morgan fingerprint density at radius 1 is 1.03 bits per heavy atom. The number of nitrogens with zero attached hydrogens (tertiary/aromatic N) is 3. The van der Waals surface area contributed by atoms with Crippen LogP contribution in [-0.4, -0.2) is 27.3 Å². The van der Waals surface area contributed by atoms with Crippen LogP contribution >= 0.6 is 0 Å². The Kier molecular flexibility index (Phi) is 6.19. The third kappa shape index (κ3) is 5.44. The minimum atomic E-state index is -0.189. The lowest BCUT2D eigenvalue weighted by atomic mass is 10.00. The fourth-order valence-corrected chi connectivity index (χ4v) is 3.86. The van der Waals surface area contributed by atoms with Gasteiger partial charge in [0.15, 0.2) is 5.82 Å². The summed E-state index contributed by atoms with van der Waals surface area (Å²) >= 11 is 0. The molecule has 0 aliphatic heterocycles. The van der Waals surface area contributed by atoms with Crippen LogP contribution < -0.4 is 10.6 Å². The number of amides is 2. The van der Waals surface area contributed by atoms with E-state index < -0.39 is 0 Å². The van der Waals surface area contributed by atoms with Gasteiger partial charge in [0, 0.05) is 37.7 Å². The highest BCUT2D eigenvalue weighted by molar-refractivity contribution is 5.88. The molecule has 1 aliphatic carbocycles. The van der Waals surface area contributed by atoms with Crippen LogP contribution in [0.1, 0.15) is 29.5 Å². The molecule has 6 heteroatoms. The number of benzene rings is 1. The Hall–Kier alpha value is -3.15. The van der Waals surface area contributed by atoms with Gasteiger partial charge in [0.05, 0.1) is 0 Å². The van der Waals surface area contributed by atoms with E-state index in [-0.39, 0.29) is 6.03 Å². The van der Waals surface area contributed by atoms with E-state index in [1.165, 1.54) is 16.7 Å². The Morgan fingerprint density at radius 2 is 1.76 bits per heavy atom. The van der Waals surface area contributed by atoms with Crippen LogP contribution in [-0.2, 0) is 25.8 Å². The van der Waals surface area contributed by atoms with Crippen molar-refractivity contribution in [2.24, 2.45) is 5.92 Å². The number of aromatic nitrogens is 3. The van der Waals surface area contributed by atoms with Crippen molar-refractivity contribution >= 4 is 11.8 Å². The molecule has 3 aromatic rings. The number of rotatable bonds is 6. The van der Waals surface area contributed by atoms with Crippen molar-refractivity contribution in [1.29, 1.82) is 0 Å². The first-order valence-electron chi connectivity index (χ1n) is 10.3. The van der Waals surface area contributed by atoms with Crippen molar-refractivity contribution in [3.8, 4) is 0 Å². The first kappa shape index (κ1) is 19.2. The molecule has 0 atom stereocenters. The summed E-state index contributed by atoms with van der Waals surface area (Å²) in [5.41, 5.74) is 4.13. The summed E-state index contributed by atoms with van der Waals surface area (Å²) < 4.78 is 1.85. The summed E-state index contributed by atoms with van der Waals surface area (Å²) in [7, 11) is 0. The number of nitrogens with one attached hydrogen (secondary N) is 2. The molecule has 29 heavy (non-hydrogen) atoms. The van der Waals surface area contributed by atoms with Gasteiger partial charge in [-0.25, -0.2) is 4.79 Å². The Labute approximate surface area is 171 Å². The molecule has 0 unspecified atom stereocenters. The highest BCUT2D eigenvalue weighted by Crippen LogP contribution is 2.24. The predicted octanol–water partition coefficient (Wildman–Crippen LogP) is 3.84. The highest BCUT2D eigenvalue weighted by atomic mass is 16.2. The van der Waals surface area contributed by atoms with Gasteiger partial charge in [-0.05, 0) is 66.8 Å². The van der Waals surface area contributed by atoms with Crippen LogP contribution in [0.5, 0.6) is 0 Å². The number of hydrogen-bond acceptors (Lipinski definition) is 3. The fraction of sp³-hybridized carbons (Fsp3) is 0.348. The molecule has 6 nitrogen and oxygen atoms in total. The summed E-state index contributed by atoms with van der Waals surface area (Å²) in [5, 5.41) is 10.3. The van der Waals surface area contributed by atoms with E-state index in [1.54, 1.807) is 12.4 Å². The molecule has 2 amide bonds. The van der Waals surface area contributed by atoms with Gasteiger partial charge >= 0.3 is 6.03 Å². The normalized spacial score (nSPS) is 14.1. The molecule has 0 spiro atoms. The molecular weight excluding hydrogens is 362 g/mol. The molecular formula is C23H27N5O. The molecule has 2 aromatic heterocycles. The maximum Gasteiger partial charge on any atom is 0.320 e. The van der Waals surface area contributed by atoms with Gasteiger partial charge in [-0.2, -0.15) is 5.10 Å². The summed E-state index contributed by atoms with van der Waals surface area (Å²) in [6.07, 6.45) is 10.8. The zero-order valence-electron chi connectivity index (χ0n) is 16.6. The van der Waals surface area contributed by atoms with E-state index in [2.05, 4.69) is 45.0 Å². The van der Waals surface area contributed by atoms with E-state index in [0.717, 1.165) is 38.6 Å². The summed E-state index contributed by atoms with van der Waals surface area (Å²) in [4.78, 5) is 16.3. The van der Waals surface area contributed by atoms with Crippen LogP contribution in [0.3, 0.4) is 0 Å². The van der Waals surface area contributed by atoms with Crippen molar-refractivity contribution in [2.75, 3.05) is 11.9 Å². The first-order valence-corrected chi connectivity index (χ1v) is 10.3. The molecule has 0 bridgehead atoms. The predicted molar refractivity (Wildman–Crippen MR) is 114 cm³/mol. The quantitative estimate of drug-likeness (QED) is 0.629. The van der Waals surface area contributed by atoms with Gasteiger partial charge in [0.1, 0.15) is 0 Å². The molecule has 0 radical (unpaired) electrons. The van der Waals surface area contributed by atoms with E-state index >= 15 is 0 Å². The Balaban J connectivity index is 1.21. The van der Waals surface area contributed by atoms with Crippen molar-refractivity contribution < 1.29 is 4.79 Å². The standard InChI is InChI=1S/C23H27N5O/c29-23(25-17-19-5-7-20-3-1-2-4-21(20)8-6-19)26-22-12-16-28(27-22)15-11-18-9-13-24-14-10-18/h1-4,9-10,12-14,16,19H,5-8,11,15,17H2,(H2,25,26,27,29). The maximum atomic E-state index is 12.3. The van der Waals surface area contributed by atoms with Crippen LogP contribution in [0.15, 0.2) is 61.1 Å². The third-order valence-electron chi connectivity index (χ3n) is 5.57. The Bertz CT molecular complexity index is 910. The summed E-state index contributed by atoms with van der Waals surface area (Å²) in [6.45, 7) is 1.46. The fourth-order valence-electron chi connectivity index (χ4n) is 3.86. The number of carbonyl (C=O) groups is 1. The lowest BCUT2D eigenvalue weighted by Gasteiger charge is -2.14. The van der Waals surface area contributed by atoms with Crippen LogP contribution in [0, 0.1) is 5.92 Å². The molecule has 0 saturated carbocycles. The van der Waals surface area contributed by atoms with Gasteiger partial charge in [-0.3, -0.25) is 15.0 Å². The molecule has 1 aromatic carbocycles.